The van der Waals surface area contributed by atoms with Crippen LogP contribution in [0.2, 0.25) is 5.02 Å². The number of rotatable bonds is 6. The number of benzene rings is 1. The lowest BCUT2D eigenvalue weighted by Gasteiger charge is -2.10. The van der Waals surface area contributed by atoms with Crippen LogP contribution in [0.1, 0.15) is 45.9 Å². The Bertz CT molecular complexity index is 964. The first-order chi connectivity index (χ1) is 13.1. The largest absolute Gasteiger partial charge is 0.352 e. The Labute approximate surface area is 163 Å². The number of carbonyl (C=O) groups excluding carboxylic acids is 1. The molecule has 138 valence electrons. The SMILES string of the molecule is Cc1ccc(-n2ncc(C(=O)NCCc3cccnc3)c2C2CC2)cc1Cl. The fraction of sp³-hybridized carbons (Fsp3) is 0.286. The molecule has 5 nitrogen and oxygen atoms in total. The Morgan fingerprint density at radius 1 is 1.30 bits per heavy atom. The monoisotopic (exact) mass is 380 g/mol. The molecule has 1 fully saturated rings. The van der Waals surface area contributed by atoms with Gasteiger partial charge < -0.3 is 5.32 Å². The number of nitrogens with zero attached hydrogens (tertiary/aromatic N) is 3. The van der Waals surface area contributed by atoms with Crippen molar-refractivity contribution in [2.24, 2.45) is 0 Å². The molecule has 0 radical (unpaired) electrons. The number of nitrogens with one attached hydrogen (secondary N) is 1. The second-order valence-electron chi connectivity index (χ2n) is 6.93. The molecule has 2 heterocycles. The van der Waals surface area contributed by atoms with Crippen LogP contribution in [-0.2, 0) is 6.42 Å². The van der Waals surface area contributed by atoms with E-state index in [9.17, 15) is 4.79 Å². The number of amides is 1. The van der Waals surface area contributed by atoms with Crippen molar-refractivity contribution < 1.29 is 4.79 Å². The van der Waals surface area contributed by atoms with E-state index in [1.54, 1.807) is 12.4 Å². The number of hydrogen-bond acceptors (Lipinski definition) is 3. The van der Waals surface area contributed by atoms with Gasteiger partial charge in [-0.3, -0.25) is 9.78 Å². The molecule has 1 aliphatic rings. The molecule has 2 aromatic heterocycles. The Kier molecular flexibility index (Phi) is 4.94. The molecule has 0 bridgehead atoms. The van der Waals surface area contributed by atoms with E-state index >= 15 is 0 Å². The lowest BCUT2D eigenvalue weighted by Crippen LogP contribution is -2.26. The van der Waals surface area contributed by atoms with Gasteiger partial charge in [-0.05, 0) is 55.5 Å². The molecule has 1 N–H and O–H groups in total. The molecule has 0 atom stereocenters. The van der Waals surface area contributed by atoms with Gasteiger partial charge >= 0.3 is 0 Å². The molecule has 1 aromatic carbocycles. The summed E-state index contributed by atoms with van der Waals surface area (Å²) in [4.78, 5) is 16.8. The maximum Gasteiger partial charge on any atom is 0.254 e. The minimum Gasteiger partial charge on any atom is -0.352 e. The van der Waals surface area contributed by atoms with Crippen LogP contribution in [-0.4, -0.2) is 27.2 Å². The van der Waals surface area contributed by atoms with Gasteiger partial charge in [0.2, 0.25) is 0 Å². The maximum atomic E-state index is 12.7. The van der Waals surface area contributed by atoms with E-state index in [1.807, 2.05) is 48.1 Å². The molecule has 0 unspecified atom stereocenters. The number of aryl methyl sites for hydroxylation is 1. The summed E-state index contributed by atoms with van der Waals surface area (Å²) in [5, 5.41) is 8.20. The maximum absolute atomic E-state index is 12.7. The predicted molar refractivity (Wildman–Crippen MR) is 106 cm³/mol. The van der Waals surface area contributed by atoms with Crippen molar-refractivity contribution >= 4 is 17.5 Å². The highest BCUT2D eigenvalue weighted by Crippen LogP contribution is 2.42. The average molecular weight is 381 g/mol. The highest BCUT2D eigenvalue weighted by molar-refractivity contribution is 6.31. The molecule has 1 aliphatic carbocycles. The van der Waals surface area contributed by atoms with Gasteiger partial charge in [0, 0.05) is 29.9 Å². The minimum absolute atomic E-state index is 0.0785. The predicted octanol–water partition coefficient (Wildman–Crippen LogP) is 4.08. The molecule has 1 saturated carbocycles. The average Bonchev–Trinajstić information content (AvgIpc) is 3.42. The quantitative estimate of drug-likeness (QED) is 0.701. The first kappa shape index (κ1) is 17.7. The van der Waals surface area contributed by atoms with E-state index in [0.29, 0.717) is 23.0 Å². The molecule has 27 heavy (non-hydrogen) atoms. The normalized spacial score (nSPS) is 13.6. The molecular formula is C21H21ClN4O. The third kappa shape index (κ3) is 3.88. The van der Waals surface area contributed by atoms with E-state index in [1.165, 1.54) is 0 Å². The van der Waals surface area contributed by atoms with Gasteiger partial charge in [-0.25, -0.2) is 4.68 Å². The molecular weight excluding hydrogens is 360 g/mol. The Balaban J connectivity index is 1.53. The molecule has 0 aliphatic heterocycles. The first-order valence-corrected chi connectivity index (χ1v) is 9.53. The van der Waals surface area contributed by atoms with E-state index in [4.69, 9.17) is 11.6 Å². The topological polar surface area (TPSA) is 59.8 Å². The van der Waals surface area contributed by atoms with Gasteiger partial charge in [-0.1, -0.05) is 23.7 Å². The summed E-state index contributed by atoms with van der Waals surface area (Å²) in [6.45, 7) is 2.54. The van der Waals surface area contributed by atoms with E-state index in [-0.39, 0.29) is 5.91 Å². The summed E-state index contributed by atoms with van der Waals surface area (Å²) < 4.78 is 1.86. The lowest BCUT2D eigenvalue weighted by molar-refractivity contribution is 0.0953. The zero-order chi connectivity index (χ0) is 18.8. The molecule has 0 saturated heterocycles. The Hall–Kier alpha value is -2.66. The van der Waals surface area contributed by atoms with Crippen molar-refractivity contribution in [3.8, 4) is 5.69 Å². The summed E-state index contributed by atoms with van der Waals surface area (Å²) in [6, 6.07) is 9.78. The molecule has 6 heteroatoms. The van der Waals surface area contributed by atoms with Crippen molar-refractivity contribution in [3.63, 3.8) is 0 Å². The van der Waals surface area contributed by atoms with Crippen LogP contribution in [0.15, 0.2) is 48.9 Å². The van der Waals surface area contributed by atoms with Crippen LogP contribution in [0.5, 0.6) is 0 Å². The third-order valence-corrected chi connectivity index (χ3v) is 5.24. The molecule has 1 amide bonds. The van der Waals surface area contributed by atoms with Crippen LogP contribution in [0.4, 0.5) is 0 Å². The summed E-state index contributed by atoms with van der Waals surface area (Å²) in [6.07, 6.45) is 8.15. The van der Waals surface area contributed by atoms with Crippen molar-refractivity contribution in [2.75, 3.05) is 6.54 Å². The fourth-order valence-electron chi connectivity index (χ4n) is 3.16. The van der Waals surface area contributed by atoms with Crippen LogP contribution in [0.3, 0.4) is 0 Å². The van der Waals surface area contributed by atoms with Crippen LogP contribution < -0.4 is 5.32 Å². The second kappa shape index (κ2) is 7.53. The lowest BCUT2D eigenvalue weighted by atomic mass is 10.1. The van der Waals surface area contributed by atoms with Gasteiger partial charge in [-0.15, -0.1) is 0 Å². The van der Waals surface area contributed by atoms with E-state index in [2.05, 4.69) is 15.4 Å². The summed E-state index contributed by atoms with van der Waals surface area (Å²) >= 11 is 6.28. The number of pyridine rings is 1. The molecule has 4 rings (SSSR count). The smallest absolute Gasteiger partial charge is 0.254 e. The third-order valence-electron chi connectivity index (χ3n) is 4.84. The van der Waals surface area contributed by atoms with Crippen LogP contribution >= 0.6 is 11.6 Å². The summed E-state index contributed by atoms with van der Waals surface area (Å²) in [5.41, 5.74) is 4.65. The van der Waals surface area contributed by atoms with E-state index < -0.39 is 0 Å². The standard InChI is InChI=1S/C21H21ClN4O/c1-14-4-7-17(11-19(14)22)26-20(16-5-6-16)18(13-25-26)21(27)24-10-8-15-3-2-9-23-12-15/h2-4,7,9,11-13,16H,5-6,8,10H2,1H3,(H,24,27). The van der Waals surface area contributed by atoms with Crippen molar-refractivity contribution in [2.45, 2.75) is 32.1 Å². The first-order valence-electron chi connectivity index (χ1n) is 9.15. The van der Waals surface area contributed by atoms with Gasteiger partial charge in [0.15, 0.2) is 0 Å². The zero-order valence-corrected chi connectivity index (χ0v) is 15.9. The molecule has 0 spiro atoms. The van der Waals surface area contributed by atoms with Gasteiger partial charge in [0.05, 0.1) is 23.1 Å². The summed E-state index contributed by atoms with van der Waals surface area (Å²) in [5.74, 6) is 0.303. The number of carbonyl (C=O) groups is 1. The van der Waals surface area contributed by atoms with Gasteiger partial charge in [-0.2, -0.15) is 5.10 Å². The van der Waals surface area contributed by atoms with Crippen LogP contribution in [0.25, 0.3) is 5.69 Å². The summed E-state index contributed by atoms with van der Waals surface area (Å²) in [7, 11) is 0. The highest BCUT2D eigenvalue weighted by atomic mass is 35.5. The van der Waals surface area contributed by atoms with Gasteiger partial charge in [0.25, 0.3) is 5.91 Å². The van der Waals surface area contributed by atoms with E-state index in [0.717, 1.165) is 41.8 Å². The number of halogens is 1. The number of aromatic nitrogens is 3. The Morgan fingerprint density at radius 2 is 2.15 bits per heavy atom. The van der Waals surface area contributed by atoms with Crippen molar-refractivity contribution in [1.82, 2.24) is 20.1 Å². The van der Waals surface area contributed by atoms with Gasteiger partial charge in [0.1, 0.15) is 0 Å². The zero-order valence-electron chi connectivity index (χ0n) is 15.2. The second-order valence-corrected chi connectivity index (χ2v) is 7.34. The van der Waals surface area contributed by atoms with Crippen molar-refractivity contribution in [1.29, 1.82) is 0 Å². The van der Waals surface area contributed by atoms with Crippen LogP contribution in [0, 0.1) is 6.92 Å². The number of hydrogen-bond donors (Lipinski definition) is 1. The molecule has 3 aromatic rings. The fourth-order valence-corrected chi connectivity index (χ4v) is 3.34. The van der Waals surface area contributed by atoms with Crippen molar-refractivity contribution in [3.05, 3.63) is 76.3 Å². The minimum atomic E-state index is -0.0785. The highest BCUT2D eigenvalue weighted by Gasteiger charge is 2.32. The Morgan fingerprint density at radius 3 is 2.85 bits per heavy atom.